The molecule has 0 aliphatic carbocycles. The monoisotopic (exact) mass is 243 g/mol. The molecule has 18 heavy (non-hydrogen) atoms. The molecule has 2 rings (SSSR count). The molecule has 1 aliphatic heterocycles. The molecule has 3 heteroatoms. The van der Waals surface area contributed by atoms with Gasteiger partial charge < -0.3 is 14.4 Å². The first-order valence-electron chi connectivity index (χ1n) is 5.75. The number of hydrogen-bond acceptors (Lipinski definition) is 3. The molecule has 0 saturated heterocycles. The average Bonchev–Trinajstić information content (AvgIpc) is 2.40. The summed E-state index contributed by atoms with van der Waals surface area (Å²) in [5.41, 5.74) is 3.24. The van der Waals surface area contributed by atoms with E-state index in [0.717, 1.165) is 22.7 Å². The average molecular weight is 243 g/mol. The summed E-state index contributed by atoms with van der Waals surface area (Å²) >= 11 is 0. The third-order valence-corrected chi connectivity index (χ3v) is 2.83. The summed E-state index contributed by atoms with van der Waals surface area (Å²) in [7, 11) is 3.61. The molecule has 0 radical (unpaired) electrons. The van der Waals surface area contributed by atoms with Crippen molar-refractivity contribution in [3.05, 3.63) is 60.3 Å². The Morgan fingerprint density at radius 1 is 1.22 bits per heavy atom. The second-order valence-corrected chi connectivity index (χ2v) is 4.04. The molecule has 94 valence electrons. The van der Waals surface area contributed by atoms with E-state index < -0.39 is 0 Å². The van der Waals surface area contributed by atoms with Crippen LogP contribution in [0.3, 0.4) is 0 Å². The smallest absolute Gasteiger partial charge is 0.188 e. The molecule has 0 bridgehead atoms. The number of rotatable bonds is 4. The first kappa shape index (κ1) is 12.5. The molecule has 3 nitrogen and oxygen atoms in total. The van der Waals surface area contributed by atoms with Crippen LogP contribution in [-0.4, -0.2) is 25.9 Å². The van der Waals surface area contributed by atoms with Crippen LogP contribution < -0.4 is 4.74 Å². The Morgan fingerprint density at radius 3 is 2.61 bits per heavy atom. The lowest BCUT2D eigenvalue weighted by molar-refractivity contribution is 0.0511. The Bertz CT molecular complexity index is 486. The van der Waals surface area contributed by atoms with E-state index in [1.807, 2.05) is 43.5 Å². The van der Waals surface area contributed by atoms with E-state index in [9.17, 15) is 0 Å². The summed E-state index contributed by atoms with van der Waals surface area (Å²) in [5.74, 6) is 0.800. The molecule has 0 amide bonds. The zero-order chi connectivity index (χ0) is 13.0. The summed E-state index contributed by atoms with van der Waals surface area (Å²) in [5, 5.41) is 0. The summed E-state index contributed by atoms with van der Waals surface area (Å²) in [6, 6.07) is 7.92. The predicted octanol–water partition coefficient (Wildman–Crippen LogP) is 3.03. The van der Waals surface area contributed by atoms with Gasteiger partial charge in [0.15, 0.2) is 6.79 Å². The molecule has 1 aromatic carbocycles. The van der Waals surface area contributed by atoms with Crippen LogP contribution in [0.25, 0.3) is 5.70 Å². The van der Waals surface area contributed by atoms with Crippen molar-refractivity contribution in [3.8, 4) is 5.75 Å². The van der Waals surface area contributed by atoms with Crippen molar-refractivity contribution in [1.82, 2.24) is 4.90 Å². The highest BCUT2D eigenvalue weighted by Crippen LogP contribution is 2.26. The molecule has 1 heterocycles. The van der Waals surface area contributed by atoms with Gasteiger partial charge in [0.25, 0.3) is 0 Å². The lowest BCUT2D eigenvalue weighted by atomic mass is 10.1. The van der Waals surface area contributed by atoms with Crippen LogP contribution in [0.15, 0.2) is 54.8 Å². The van der Waals surface area contributed by atoms with Gasteiger partial charge in [-0.25, -0.2) is 0 Å². The van der Waals surface area contributed by atoms with E-state index >= 15 is 0 Å². The number of allylic oxidation sites excluding steroid dienone is 3. The number of ether oxygens (including phenoxy) is 2. The zero-order valence-electron chi connectivity index (χ0n) is 10.7. The molecule has 0 spiro atoms. The van der Waals surface area contributed by atoms with Gasteiger partial charge in [0.2, 0.25) is 0 Å². The molecular formula is C15H17NO2. The van der Waals surface area contributed by atoms with Crippen LogP contribution in [0, 0.1) is 0 Å². The van der Waals surface area contributed by atoms with Crippen molar-refractivity contribution in [2.24, 2.45) is 0 Å². The minimum atomic E-state index is 0.265. The van der Waals surface area contributed by atoms with Crippen LogP contribution in [0.1, 0.15) is 5.56 Å². The van der Waals surface area contributed by atoms with Crippen LogP contribution >= 0.6 is 0 Å². The topological polar surface area (TPSA) is 21.7 Å². The molecule has 0 saturated carbocycles. The first-order valence-corrected chi connectivity index (χ1v) is 5.75. The van der Waals surface area contributed by atoms with Crippen molar-refractivity contribution in [2.75, 3.05) is 21.0 Å². The predicted molar refractivity (Wildman–Crippen MR) is 73.0 cm³/mol. The van der Waals surface area contributed by atoms with Crippen LogP contribution in [-0.2, 0) is 4.74 Å². The van der Waals surface area contributed by atoms with Gasteiger partial charge >= 0.3 is 0 Å². The van der Waals surface area contributed by atoms with Gasteiger partial charge in [-0.1, -0.05) is 12.7 Å². The number of likely N-dealkylation sites (N-methyl/N-ethyl adjacent to an activating group) is 1. The van der Waals surface area contributed by atoms with Gasteiger partial charge in [-0.15, -0.1) is 0 Å². The number of methoxy groups -OCH3 is 1. The quantitative estimate of drug-likeness (QED) is 0.759. The molecule has 0 N–H and O–H groups in total. The standard InChI is InChI=1S/C15H17NO2/c1-12-5-4-6-15(16(12)2)13-7-9-14(10-8-13)18-11-17-3/h4-10H,1,11H2,2-3H3. The Hall–Kier alpha value is -2.00. The maximum absolute atomic E-state index is 5.36. The van der Waals surface area contributed by atoms with Crippen molar-refractivity contribution in [2.45, 2.75) is 0 Å². The van der Waals surface area contributed by atoms with Crippen LogP contribution in [0.4, 0.5) is 0 Å². The minimum Gasteiger partial charge on any atom is -0.468 e. The lowest BCUT2D eigenvalue weighted by Gasteiger charge is -2.25. The van der Waals surface area contributed by atoms with Crippen molar-refractivity contribution in [3.63, 3.8) is 0 Å². The SMILES string of the molecule is C=C1C=CC=C(c2ccc(OCOC)cc2)N1C. The van der Waals surface area contributed by atoms with Crippen molar-refractivity contribution < 1.29 is 9.47 Å². The van der Waals surface area contributed by atoms with Gasteiger partial charge in [-0.3, -0.25) is 0 Å². The number of nitrogens with zero attached hydrogens (tertiary/aromatic N) is 1. The van der Waals surface area contributed by atoms with Crippen molar-refractivity contribution >= 4 is 5.70 Å². The highest BCUT2D eigenvalue weighted by atomic mass is 16.7. The Morgan fingerprint density at radius 2 is 1.94 bits per heavy atom. The third-order valence-electron chi connectivity index (χ3n) is 2.83. The van der Waals surface area contributed by atoms with Crippen molar-refractivity contribution in [1.29, 1.82) is 0 Å². The van der Waals surface area contributed by atoms with E-state index in [1.54, 1.807) is 7.11 Å². The van der Waals surface area contributed by atoms with Crippen LogP contribution in [0.5, 0.6) is 5.75 Å². The second kappa shape index (κ2) is 5.56. The summed E-state index contributed by atoms with van der Waals surface area (Å²) in [6.07, 6.45) is 6.06. The molecular weight excluding hydrogens is 226 g/mol. The Labute approximate surface area is 108 Å². The molecule has 0 aromatic heterocycles. The summed E-state index contributed by atoms with van der Waals surface area (Å²) < 4.78 is 10.2. The zero-order valence-corrected chi connectivity index (χ0v) is 10.7. The normalized spacial score (nSPS) is 14.7. The van der Waals surface area contributed by atoms with Gasteiger partial charge in [0.1, 0.15) is 5.75 Å². The lowest BCUT2D eigenvalue weighted by Crippen LogP contribution is -2.16. The second-order valence-electron chi connectivity index (χ2n) is 4.04. The number of benzene rings is 1. The van der Waals surface area contributed by atoms with Crippen LogP contribution in [0.2, 0.25) is 0 Å². The highest BCUT2D eigenvalue weighted by Gasteiger charge is 2.11. The first-order chi connectivity index (χ1) is 8.72. The van der Waals surface area contributed by atoms with Gasteiger partial charge in [-0.05, 0) is 42.0 Å². The molecule has 1 aliphatic rings. The summed E-state index contributed by atoms with van der Waals surface area (Å²) in [4.78, 5) is 2.06. The highest BCUT2D eigenvalue weighted by molar-refractivity contribution is 5.69. The number of hydrogen-bond donors (Lipinski definition) is 0. The largest absolute Gasteiger partial charge is 0.468 e. The Kier molecular flexibility index (Phi) is 3.85. The fourth-order valence-electron chi connectivity index (χ4n) is 1.77. The molecule has 0 fully saturated rings. The van der Waals surface area contributed by atoms with Gasteiger partial charge in [0.05, 0.1) is 0 Å². The van der Waals surface area contributed by atoms with Gasteiger partial charge in [0, 0.05) is 25.6 Å². The van der Waals surface area contributed by atoms with E-state index in [2.05, 4.69) is 17.6 Å². The third kappa shape index (κ3) is 2.63. The minimum absolute atomic E-state index is 0.265. The molecule has 0 unspecified atom stereocenters. The van der Waals surface area contributed by atoms with E-state index in [-0.39, 0.29) is 6.79 Å². The summed E-state index contributed by atoms with van der Waals surface area (Å²) in [6.45, 7) is 4.25. The molecule has 1 aromatic rings. The maximum atomic E-state index is 5.36. The maximum Gasteiger partial charge on any atom is 0.188 e. The van der Waals surface area contributed by atoms with E-state index in [1.165, 1.54) is 0 Å². The fraction of sp³-hybridized carbons (Fsp3) is 0.200. The van der Waals surface area contributed by atoms with Gasteiger partial charge in [-0.2, -0.15) is 0 Å². The Balaban J connectivity index is 2.17. The fourth-order valence-corrected chi connectivity index (χ4v) is 1.77. The molecule has 0 atom stereocenters. The van der Waals surface area contributed by atoms with E-state index in [0.29, 0.717) is 0 Å². The van der Waals surface area contributed by atoms with E-state index in [4.69, 9.17) is 9.47 Å².